The third-order valence-electron chi connectivity index (χ3n) is 6.46. The van der Waals surface area contributed by atoms with Crippen molar-refractivity contribution < 1.29 is 38.1 Å². The molecule has 41 heavy (non-hydrogen) atoms. The first-order valence-corrected chi connectivity index (χ1v) is 13.3. The SMILES string of the molecule is O=C(O)CCCn1cc(CC(=O)O)c2c(C=Cc3ccc(OCCCCOc4c(F)cccc4F)cc3)cccc21. The van der Waals surface area contributed by atoms with Gasteiger partial charge < -0.3 is 24.3 Å². The molecule has 0 unspecified atom stereocenters. The summed E-state index contributed by atoms with van der Waals surface area (Å²) in [7, 11) is 0. The van der Waals surface area contributed by atoms with Crippen molar-refractivity contribution in [3.05, 3.63) is 95.2 Å². The third kappa shape index (κ3) is 8.17. The van der Waals surface area contributed by atoms with Gasteiger partial charge >= 0.3 is 11.9 Å². The van der Waals surface area contributed by atoms with Crippen molar-refractivity contribution in [2.45, 2.75) is 38.6 Å². The first-order chi connectivity index (χ1) is 19.8. The van der Waals surface area contributed by atoms with Crippen LogP contribution in [0.4, 0.5) is 8.78 Å². The molecule has 4 rings (SSSR count). The maximum absolute atomic E-state index is 13.6. The Kier molecular flexibility index (Phi) is 10.1. The lowest BCUT2D eigenvalue weighted by atomic mass is 10.0. The van der Waals surface area contributed by atoms with Crippen LogP contribution in [0.1, 0.15) is 42.4 Å². The van der Waals surface area contributed by atoms with E-state index >= 15 is 0 Å². The quantitative estimate of drug-likeness (QED) is 0.122. The van der Waals surface area contributed by atoms with Crippen LogP contribution in [0.25, 0.3) is 23.1 Å². The maximum atomic E-state index is 13.6. The van der Waals surface area contributed by atoms with Crippen LogP contribution in [0.15, 0.2) is 66.9 Å². The van der Waals surface area contributed by atoms with E-state index in [9.17, 15) is 23.5 Å². The topological polar surface area (TPSA) is 98.0 Å². The van der Waals surface area contributed by atoms with E-state index in [1.807, 2.05) is 59.2 Å². The molecule has 1 heterocycles. The third-order valence-corrected chi connectivity index (χ3v) is 6.46. The van der Waals surface area contributed by atoms with Crippen LogP contribution in [-0.2, 0) is 22.6 Å². The van der Waals surface area contributed by atoms with Crippen molar-refractivity contribution in [3.63, 3.8) is 0 Å². The van der Waals surface area contributed by atoms with Gasteiger partial charge in [0, 0.05) is 30.1 Å². The Morgan fingerprint density at radius 1 is 0.805 bits per heavy atom. The van der Waals surface area contributed by atoms with E-state index in [1.165, 1.54) is 6.07 Å². The normalized spacial score (nSPS) is 11.3. The molecule has 7 nitrogen and oxygen atoms in total. The molecule has 214 valence electrons. The van der Waals surface area contributed by atoms with Crippen molar-refractivity contribution in [3.8, 4) is 11.5 Å². The molecule has 0 bridgehead atoms. The molecule has 0 saturated heterocycles. The van der Waals surface area contributed by atoms with Gasteiger partial charge in [-0.2, -0.15) is 0 Å². The highest BCUT2D eigenvalue weighted by atomic mass is 19.1. The number of para-hydroxylation sites is 1. The van der Waals surface area contributed by atoms with E-state index < -0.39 is 23.6 Å². The molecule has 0 aliphatic carbocycles. The lowest BCUT2D eigenvalue weighted by molar-refractivity contribution is -0.137. The Hall–Kier alpha value is -4.66. The summed E-state index contributed by atoms with van der Waals surface area (Å²) >= 11 is 0. The van der Waals surface area contributed by atoms with Gasteiger partial charge in [0.1, 0.15) is 5.75 Å². The summed E-state index contributed by atoms with van der Waals surface area (Å²) in [6, 6.07) is 16.8. The highest BCUT2D eigenvalue weighted by Crippen LogP contribution is 2.28. The van der Waals surface area contributed by atoms with E-state index in [-0.39, 0.29) is 25.2 Å². The molecule has 0 atom stereocenters. The van der Waals surface area contributed by atoms with Crippen molar-refractivity contribution in [2.24, 2.45) is 0 Å². The van der Waals surface area contributed by atoms with Gasteiger partial charge in [-0.05, 0) is 66.3 Å². The highest BCUT2D eigenvalue weighted by molar-refractivity contribution is 5.96. The minimum Gasteiger partial charge on any atom is -0.494 e. The van der Waals surface area contributed by atoms with Gasteiger partial charge in [0.15, 0.2) is 17.4 Å². The monoisotopic (exact) mass is 563 g/mol. The minimum absolute atomic E-state index is 0.0400. The summed E-state index contributed by atoms with van der Waals surface area (Å²) in [5.74, 6) is -2.92. The molecular weight excluding hydrogens is 532 g/mol. The summed E-state index contributed by atoms with van der Waals surface area (Å²) in [6.45, 7) is 1.09. The number of nitrogens with zero attached hydrogens (tertiary/aromatic N) is 1. The smallest absolute Gasteiger partial charge is 0.307 e. The number of hydrogen-bond donors (Lipinski definition) is 2. The summed E-state index contributed by atoms with van der Waals surface area (Å²) < 4.78 is 40.1. The number of rotatable bonds is 15. The largest absolute Gasteiger partial charge is 0.494 e. The number of hydrogen-bond acceptors (Lipinski definition) is 4. The molecule has 4 aromatic rings. The van der Waals surface area contributed by atoms with Crippen LogP contribution < -0.4 is 9.47 Å². The van der Waals surface area contributed by atoms with Gasteiger partial charge in [-0.25, -0.2) is 8.78 Å². The molecule has 0 aliphatic rings. The first-order valence-electron chi connectivity index (χ1n) is 13.3. The van der Waals surface area contributed by atoms with Gasteiger partial charge in [0.05, 0.1) is 19.6 Å². The lowest BCUT2D eigenvalue weighted by Crippen LogP contribution is -2.04. The number of halogens is 2. The van der Waals surface area contributed by atoms with Crippen molar-refractivity contribution in [1.82, 2.24) is 4.57 Å². The Morgan fingerprint density at radius 2 is 1.49 bits per heavy atom. The molecule has 9 heteroatoms. The Labute approximate surface area is 236 Å². The molecular formula is C32H31F2NO6. The second kappa shape index (κ2) is 14.1. The van der Waals surface area contributed by atoms with E-state index in [1.54, 1.807) is 6.20 Å². The van der Waals surface area contributed by atoms with E-state index in [2.05, 4.69) is 0 Å². The molecule has 0 radical (unpaired) electrons. The Balaban J connectivity index is 1.34. The van der Waals surface area contributed by atoms with Crippen molar-refractivity contribution >= 4 is 35.0 Å². The molecule has 2 N–H and O–H groups in total. The van der Waals surface area contributed by atoms with Crippen LogP contribution in [0, 0.1) is 11.6 Å². The number of fused-ring (bicyclic) bond motifs is 1. The Bertz CT molecular complexity index is 1510. The molecule has 1 aromatic heterocycles. The zero-order valence-electron chi connectivity index (χ0n) is 22.4. The van der Waals surface area contributed by atoms with Crippen molar-refractivity contribution in [2.75, 3.05) is 13.2 Å². The maximum Gasteiger partial charge on any atom is 0.307 e. The van der Waals surface area contributed by atoms with E-state index in [4.69, 9.17) is 14.6 Å². The fraction of sp³-hybridized carbons (Fsp3) is 0.250. The number of carboxylic acids is 2. The fourth-order valence-corrected chi connectivity index (χ4v) is 4.54. The molecule has 0 aliphatic heterocycles. The predicted octanol–water partition coefficient (Wildman–Crippen LogP) is 6.82. The molecule has 0 spiro atoms. The van der Waals surface area contributed by atoms with Crippen molar-refractivity contribution in [1.29, 1.82) is 0 Å². The number of carbonyl (C=O) groups is 2. The number of unbranched alkanes of at least 4 members (excludes halogenated alkanes) is 1. The first kappa shape index (κ1) is 29.3. The van der Waals surface area contributed by atoms with E-state index in [0.717, 1.165) is 34.2 Å². The fourth-order valence-electron chi connectivity index (χ4n) is 4.54. The van der Waals surface area contributed by atoms with Crippen LogP contribution in [-0.4, -0.2) is 39.9 Å². The van der Waals surface area contributed by atoms with Gasteiger partial charge in [-0.15, -0.1) is 0 Å². The molecule has 0 fully saturated rings. The van der Waals surface area contributed by atoms with Gasteiger partial charge in [0.2, 0.25) is 0 Å². The summed E-state index contributed by atoms with van der Waals surface area (Å²) in [5, 5.41) is 19.2. The number of aromatic nitrogens is 1. The second-order valence-electron chi connectivity index (χ2n) is 9.51. The number of ether oxygens (including phenoxy) is 2. The summed E-state index contributed by atoms with van der Waals surface area (Å²) in [4.78, 5) is 22.4. The number of aliphatic carboxylic acids is 2. The average Bonchev–Trinajstić information content (AvgIpc) is 3.28. The number of aryl methyl sites for hydroxylation is 1. The number of carboxylic acid groups (broad SMARTS) is 2. The lowest BCUT2D eigenvalue weighted by Gasteiger charge is -2.09. The van der Waals surface area contributed by atoms with Crippen LogP contribution in [0.2, 0.25) is 0 Å². The Morgan fingerprint density at radius 3 is 2.17 bits per heavy atom. The predicted molar refractivity (Wildman–Crippen MR) is 152 cm³/mol. The van der Waals surface area contributed by atoms with Crippen LogP contribution in [0.5, 0.6) is 11.5 Å². The van der Waals surface area contributed by atoms with Crippen LogP contribution >= 0.6 is 0 Å². The number of benzene rings is 3. The zero-order chi connectivity index (χ0) is 29.2. The highest BCUT2D eigenvalue weighted by Gasteiger charge is 2.14. The molecule has 3 aromatic carbocycles. The summed E-state index contributed by atoms with van der Waals surface area (Å²) in [6.07, 6.45) is 7.25. The molecule has 0 amide bonds. The zero-order valence-corrected chi connectivity index (χ0v) is 22.4. The second-order valence-corrected chi connectivity index (χ2v) is 9.51. The standard InChI is InChI=1S/C32H31F2NO6/c33-26-7-4-8-27(34)32(26)41-19-2-1-18-40-25-15-12-22(13-16-25)11-14-23-6-3-9-28-31(23)24(20-30(38)39)21-35(28)17-5-10-29(36)37/h3-4,6-9,11-16,21H,1-2,5,10,17-20H2,(H,36,37)(H,38,39). The van der Waals surface area contributed by atoms with Gasteiger partial charge in [-0.3, -0.25) is 9.59 Å². The minimum atomic E-state index is -0.935. The van der Waals surface area contributed by atoms with Gasteiger partial charge in [-0.1, -0.05) is 42.5 Å². The summed E-state index contributed by atoms with van der Waals surface area (Å²) in [5.41, 5.74) is 3.34. The van der Waals surface area contributed by atoms with Gasteiger partial charge in [0.25, 0.3) is 0 Å². The van der Waals surface area contributed by atoms with E-state index in [0.29, 0.717) is 43.7 Å². The van der Waals surface area contributed by atoms with Crippen LogP contribution in [0.3, 0.4) is 0 Å². The molecule has 0 saturated carbocycles. The average molecular weight is 564 g/mol.